The molecular formula is C14H18ClNO4S. The van der Waals surface area contributed by atoms with Crippen molar-refractivity contribution in [3.05, 3.63) is 18.2 Å². The summed E-state index contributed by atoms with van der Waals surface area (Å²) in [7, 11) is -3.50. The van der Waals surface area contributed by atoms with Crippen molar-refractivity contribution in [1.29, 1.82) is 0 Å². The van der Waals surface area contributed by atoms with Gasteiger partial charge < -0.3 is 9.47 Å². The Kier molecular flexibility index (Phi) is 4.28. The highest BCUT2D eigenvalue weighted by Crippen LogP contribution is 2.34. The zero-order valence-corrected chi connectivity index (χ0v) is 13.2. The molecule has 1 saturated heterocycles. The maximum absolute atomic E-state index is 12.7. The van der Waals surface area contributed by atoms with Crippen molar-refractivity contribution in [2.45, 2.75) is 17.7 Å². The second-order valence-corrected chi connectivity index (χ2v) is 7.58. The number of benzene rings is 1. The van der Waals surface area contributed by atoms with E-state index in [9.17, 15) is 8.42 Å². The predicted molar refractivity (Wildman–Crippen MR) is 79.6 cm³/mol. The Morgan fingerprint density at radius 2 is 2.00 bits per heavy atom. The maximum Gasteiger partial charge on any atom is 0.243 e. The van der Waals surface area contributed by atoms with E-state index < -0.39 is 10.0 Å². The van der Waals surface area contributed by atoms with E-state index in [-0.39, 0.29) is 10.8 Å². The van der Waals surface area contributed by atoms with Gasteiger partial charge in [-0.2, -0.15) is 4.31 Å². The Bertz CT molecular complexity index is 619. The van der Waals surface area contributed by atoms with Crippen molar-refractivity contribution in [2.75, 3.05) is 32.2 Å². The van der Waals surface area contributed by atoms with E-state index in [0.717, 1.165) is 12.8 Å². The standard InChI is InChI=1S/C14H18ClNO4S/c15-9-11-2-1-5-16(10-11)21(17,18)12-3-4-13-14(8-12)20-7-6-19-13/h3-4,8,11H,1-2,5-7,9-10H2. The van der Waals surface area contributed by atoms with Gasteiger partial charge in [-0.05, 0) is 30.9 Å². The van der Waals surface area contributed by atoms with Crippen LogP contribution in [0.25, 0.3) is 0 Å². The topological polar surface area (TPSA) is 55.8 Å². The van der Waals surface area contributed by atoms with Crippen LogP contribution in [0.15, 0.2) is 23.1 Å². The number of halogens is 1. The predicted octanol–water partition coefficient (Wildman–Crippen LogP) is 2.10. The van der Waals surface area contributed by atoms with Crippen LogP contribution in [0.2, 0.25) is 0 Å². The van der Waals surface area contributed by atoms with Crippen molar-refractivity contribution in [3.8, 4) is 11.5 Å². The largest absolute Gasteiger partial charge is 0.486 e. The second-order valence-electron chi connectivity index (χ2n) is 5.33. The summed E-state index contributed by atoms with van der Waals surface area (Å²) < 4.78 is 37.8. The van der Waals surface area contributed by atoms with Gasteiger partial charge in [-0.15, -0.1) is 11.6 Å². The summed E-state index contributed by atoms with van der Waals surface area (Å²) in [4.78, 5) is 0.252. The molecule has 1 aromatic rings. The fourth-order valence-electron chi connectivity index (χ4n) is 2.70. The summed E-state index contributed by atoms with van der Waals surface area (Å²) in [5.74, 6) is 1.81. The summed E-state index contributed by atoms with van der Waals surface area (Å²) in [6.07, 6.45) is 1.83. The van der Waals surface area contributed by atoms with E-state index >= 15 is 0 Å². The Labute approximate surface area is 129 Å². The van der Waals surface area contributed by atoms with Crippen LogP contribution < -0.4 is 9.47 Å². The molecule has 0 aliphatic carbocycles. The average molecular weight is 332 g/mol. The molecule has 3 rings (SSSR count). The normalized spacial score (nSPS) is 23.0. The molecule has 0 saturated carbocycles. The highest BCUT2D eigenvalue weighted by atomic mass is 35.5. The Balaban J connectivity index is 1.87. The van der Waals surface area contributed by atoms with Crippen LogP contribution in [0, 0.1) is 5.92 Å². The minimum absolute atomic E-state index is 0.229. The van der Waals surface area contributed by atoms with Crippen LogP contribution in [0.4, 0.5) is 0 Å². The first-order valence-corrected chi connectivity index (χ1v) is 9.04. The van der Waals surface area contributed by atoms with Crippen molar-refractivity contribution in [1.82, 2.24) is 4.31 Å². The lowest BCUT2D eigenvalue weighted by atomic mass is 10.0. The summed E-state index contributed by atoms with van der Waals surface area (Å²) in [5.41, 5.74) is 0. The fraction of sp³-hybridized carbons (Fsp3) is 0.571. The van der Waals surface area contributed by atoms with Gasteiger partial charge in [0.25, 0.3) is 0 Å². The smallest absolute Gasteiger partial charge is 0.243 e. The molecule has 2 aliphatic heterocycles. The van der Waals surface area contributed by atoms with Gasteiger partial charge in [0.1, 0.15) is 13.2 Å². The van der Waals surface area contributed by atoms with Gasteiger partial charge in [-0.1, -0.05) is 0 Å². The van der Waals surface area contributed by atoms with Crippen LogP contribution in [-0.4, -0.2) is 44.9 Å². The molecule has 0 spiro atoms. The third-order valence-corrected chi connectivity index (χ3v) is 6.15. The highest BCUT2D eigenvalue weighted by molar-refractivity contribution is 7.89. The number of hydrogen-bond donors (Lipinski definition) is 0. The monoisotopic (exact) mass is 331 g/mol. The van der Waals surface area contributed by atoms with E-state index in [1.807, 2.05) is 0 Å². The SMILES string of the molecule is O=S(=O)(c1ccc2c(c1)OCCO2)N1CCCC(CCl)C1. The van der Waals surface area contributed by atoms with Gasteiger partial charge in [0.15, 0.2) is 11.5 Å². The van der Waals surface area contributed by atoms with E-state index in [2.05, 4.69) is 0 Å². The maximum atomic E-state index is 12.7. The van der Waals surface area contributed by atoms with Gasteiger partial charge in [0.2, 0.25) is 10.0 Å². The molecule has 0 N–H and O–H groups in total. The van der Waals surface area contributed by atoms with Gasteiger partial charge in [0.05, 0.1) is 4.90 Å². The highest BCUT2D eigenvalue weighted by Gasteiger charge is 2.30. The third-order valence-electron chi connectivity index (χ3n) is 3.85. The van der Waals surface area contributed by atoms with Crippen LogP contribution in [0.3, 0.4) is 0 Å². The van der Waals surface area contributed by atoms with Crippen LogP contribution >= 0.6 is 11.6 Å². The Morgan fingerprint density at radius 1 is 1.24 bits per heavy atom. The molecule has 116 valence electrons. The molecule has 1 atom stereocenters. The molecule has 2 aliphatic rings. The zero-order valence-electron chi connectivity index (χ0n) is 11.6. The van der Waals surface area contributed by atoms with Crippen LogP contribution in [-0.2, 0) is 10.0 Å². The van der Waals surface area contributed by atoms with Crippen molar-refractivity contribution in [3.63, 3.8) is 0 Å². The molecule has 5 nitrogen and oxygen atoms in total. The molecule has 0 amide bonds. The molecule has 2 heterocycles. The average Bonchev–Trinajstić information content (AvgIpc) is 2.54. The summed E-state index contributed by atoms with van der Waals surface area (Å²) in [6, 6.07) is 4.78. The first-order chi connectivity index (χ1) is 10.1. The number of alkyl halides is 1. The van der Waals surface area contributed by atoms with Gasteiger partial charge in [-0.25, -0.2) is 8.42 Å². The lowest BCUT2D eigenvalue weighted by Gasteiger charge is -2.31. The number of hydrogen-bond acceptors (Lipinski definition) is 4. The summed E-state index contributed by atoms with van der Waals surface area (Å²) in [5, 5.41) is 0. The quantitative estimate of drug-likeness (QED) is 0.796. The molecule has 0 aromatic heterocycles. The summed E-state index contributed by atoms with van der Waals surface area (Å²) >= 11 is 5.88. The fourth-order valence-corrected chi connectivity index (χ4v) is 4.53. The number of nitrogens with zero attached hydrogens (tertiary/aromatic N) is 1. The Hall–Kier alpha value is -0.980. The molecular weight excluding hydrogens is 314 g/mol. The second kappa shape index (κ2) is 6.02. The minimum atomic E-state index is -3.50. The molecule has 21 heavy (non-hydrogen) atoms. The number of rotatable bonds is 3. The summed E-state index contributed by atoms with van der Waals surface area (Å²) in [6.45, 7) is 1.96. The first-order valence-electron chi connectivity index (χ1n) is 7.07. The van der Waals surface area contributed by atoms with Gasteiger partial charge in [-0.3, -0.25) is 0 Å². The molecule has 0 radical (unpaired) electrons. The Morgan fingerprint density at radius 3 is 2.76 bits per heavy atom. The van der Waals surface area contributed by atoms with Crippen molar-refractivity contribution in [2.24, 2.45) is 5.92 Å². The van der Waals surface area contributed by atoms with Crippen molar-refractivity contribution >= 4 is 21.6 Å². The molecule has 7 heteroatoms. The van der Waals surface area contributed by atoms with E-state index in [1.165, 1.54) is 4.31 Å². The molecule has 0 bridgehead atoms. The zero-order chi connectivity index (χ0) is 14.9. The van der Waals surface area contributed by atoms with Crippen molar-refractivity contribution < 1.29 is 17.9 Å². The van der Waals surface area contributed by atoms with E-state index in [1.54, 1.807) is 18.2 Å². The van der Waals surface area contributed by atoms with Gasteiger partial charge >= 0.3 is 0 Å². The first kappa shape index (κ1) is 14.9. The molecule has 1 fully saturated rings. The van der Waals surface area contributed by atoms with Gasteiger partial charge in [0, 0.05) is 25.0 Å². The molecule has 1 unspecified atom stereocenters. The number of sulfonamides is 1. The number of fused-ring (bicyclic) bond motifs is 1. The number of piperidine rings is 1. The lowest BCUT2D eigenvalue weighted by molar-refractivity contribution is 0.171. The van der Waals surface area contributed by atoms with E-state index in [0.29, 0.717) is 43.7 Å². The van der Waals surface area contributed by atoms with E-state index in [4.69, 9.17) is 21.1 Å². The lowest BCUT2D eigenvalue weighted by Crippen LogP contribution is -2.40. The van der Waals surface area contributed by atoms with Crippen LogP contribution in [0.1, 0.15) is 12.8 Å². The van der Waals surface area contributed by atoms with Crippen LogP contribution in [0.5, 0.6) is 11.5 Å². The minimum Gasteiger partial charge on any atom is -0.486 e. The molecule has 1 aromatic carbocycles. The number of ether oxygens (including phenoxy) is 2. The third kappa shape index (κ3) is 2.98.